The number of nitrogens with two attached hydrogens (primary N) is 2. The van der Waals surface area contributed by atoms with E-state index in [1.54, 1.807) is 48.8 Å². The second-order valence-corrected chi connectivity index (χ2v) is 6.28. The molecule has 3 aromatic rings. The van der Waals surface area contributed by atoms with Crippen molar-refractivity contribution >= 4 is 36.6 Å². The second kappa shape index (κ2) is 10.6. The van der Waals surface area contributed by atoms with Gasteiger partial charge in [0.2, 0.25) is 0 Å². The first-order chi connectivity index (χ1) is 13.4. The molecular weight excluding hydrogens is 429 g/mol. The summed E-state index contributed by atoms with van der Waals surface area (Å²) in [6, 6.07) is 13.4. The van der Waals surface area contributed by atoms with Crippen LogP contribution < -0.4 is 17.2 Å². The second-order valence-electron chi connectivity index (χ2n) is 6.28. The van der Waals surface area contributed by atoms with Crippen molar-refractivity contribution in [1.29, 1.82) is 5.41 Å². The molecule has 1 unspecified atom stereocenters. The third-order valence-corrected chi connectivity index (χ3v) is 4.41. The number of aromatic nitrogens is 2. The summed E-state index contributed by atoms with van der Waals surface area (Å²) >= 11 is 0. The number of halogens is 2. The number of rotatable bonds is 6. The van der Waals surface area contributed by atoms with Gasteiger partial charge in [-0.05, 0) is 48.4 Å². The highest BCUT2D eigenvalue weighted by Gasteiger charge is 2.14. The van der Waals surface area contributed by atoms with Crippen molar-refractivity contribution in [2.45, 2.75) is 12.5 Å². The van der Waals surface area contributed by atoms with Crippen molar-refractivity contribution in [2.75, 3.05) is 7.11 Å². The predicted molar refractivity (Wildman–Crippen MR) is 121 cm³/mol. The fraction of sp³-hybridized carbons (Fsp3) is 0.150. The summed E-state index contributed by atoms with van der Waals surface area (Å²) in [5.41, 5.74) is 13.8. The van der Waals surface area contributed by atoms with E-state index in [2.05, 4.69) is 4.74 Å². The van der Waals surface area contributed by atoms with Gasteiger partial charge in [0.1, 0.15) is 11.9 Å². The summed E-state index contributed by atoms with van der Waals surface area (Å²) in [6.07, 6.45) is 3.70. The van der Waals surface area contributed by atoms with E-state index in [1.807, 2.05) is 12.1 Å². The minimum atomic E-state index is -0.724. The van der Waals surface area contributed by atoms with Gasteiger partial charge in [-0.15, -0.1) is 24.8 Å². The number of ether oxygens (including phenoxy) is 1. The van der Waals surface area contributed by atoms with E-state index < -0.39 is 12.0 Å². The average Bonchev–Trinajstić information content (AvgIpc) is 3.09. The standard InChI is InChI=1S/C20H21N5O3.2ClH/c1-28-19(26)17(21)12-13-2-6-15(7-3-13)24-10-11-25(20(24)27)16-8-4-14(5-9-16)18(22)23;;/h2-11,17H,12,21H2,1H3,(H3,22,23);2*1H. The molecule has 0 radical (unpaired) electrons. The predicted octanol–water partition coefficient (Wildman–Crippen LogP) is 1.80. The van der Waals surface area contributed by atoms with E-state index in [0.29, 0.717) is 23.4 Å². The fourth-order valence-corrected chi connectivity index (χ4v) is 2.85. The van der Waals surface area contributed by atoms with Gasteiger partial charge in [-0.3, -0.25) is 19.3 Å². The van der Waals surface area contributed by atoms with E-state index in [9.17, 15) is 9.59 Å². The molecule has 8 nitrogen and oxygen atoms in total. The van der Waals surface area contributed by atoms with Gasteiger partial charge in [-0.1, -0.05) is 12.1 Å². The minimum absolute atomic E-state index is 0. The molecule has 0 bridgehead atoms. The van der Waals surface area contributed by atoms with Crippen molar-refractivity contribution in [2.24, 2.45) is 11.5 Å². The molecule has 0 saturated carbocycles. The zero-order chi connectivity index (χ0) is 20.3. The van der Waals surface area contributed by atoms with Crippen molar-refractivity contribution in [3.63, 3.8) is 0 Å². The van der Waals surface area contributed by atoms with Crippen LogP contribution in [0.5, 0.6) is 0 Å². The van der Waals surface area contributed by atoms with Gasteiger partial charge in [0.05, 0.1) is 18.5 Å². The lowest BCUT2D eigenvalue weighted by molar-refractivity contribution is -0.142. The van der Waals surface area contributed by atoms with Crippen LogP contribution in [0.2, 0.25) is 0 Å². The van der Waals surface area contributed by atoms with Gasteiger partial charge < -0.3 is 16.2 Å². The van der Waals surface area contributed by atoms with Crippen LogP contribution in [0.25, 0.3) is 11.4 Å². The summed E-state index contributed by atoms with van der Waals surface area (Å²) in [5.74, 6) is -0.489. The molecule has 10 heteroatoms. The van der Waals surface area contributed by atoms with E-state index in [0.717, 1.165) is 5.56 Å². The number of hydrogen-bond acceptors (Lipinski definition) is 5. The summed E-state index contributed by atoms with van der Waals surface area (Å²) in [4.78, 5) is 24.2. The van der Waals surface area contributed by atoms with Gasteiger partial charge in [0.25, 0.3) is 0 Å². The van der Waals surface area contributed by atoms with Crippen LogP contribution in [0.3, 0.4) is 0 Å². The lowest BCUT2D eigenvalue weighted by atomic mass is 10.1. The SMILES string of the molecule is COC(=O)C(N)Cc1ccc(-n2ccn(-c3ccc(C(=N)N)cc3)c2=O)cc1.Cl.Cl. The van der Waals surface area contributed by atoms with E-state index in [-0.39, 0.29) is 36.3 Å². The minimum Gasteiger partial charge on any atom is -0.468 e. The van der Waals surface area contributed by atoms with Gasteiger partial charge in [0.15, 0.2) is 0 Å². The molecule has 0 aliphatic rings. The van der Waals surface area contributed by atoms with E-state index in [1.165, 1.54) is 16.2 Å². The molecule has 0 aliphatic carbocycles. The molecular formula is C20H23Cl2N5O3. The number of carbonyl (C=O) groups excluding carboxylic acids is 1. The maximum absolute atomic E-state index is 12.8. The van der Waals surface area contributed by atoms with E-state index in [4.69, 9.17) is 16.9 Å². The molecule has 160 valence electrons. The van der Waals surface area contributed by atoms with Crippen LogP contribution in [0, 0.1) is 5.41 Å². The quantitative estimate of drug-likeness (QED) is 0.298. The Bertz CT molecular complexity index is 1060. The first-order valence-electron chi connectivity index (χ1n) is 8.58. The molecule has 1 aromatic heterocycles. The summed E-state index contributed by atoms with van der Waals surface area (Å²) in [7, 11) is 1.30. The Balaban J connectivity index is 0.00000225. The van der Waals surface area contributed by atoms with Crippen LogP contribution in [-0.4, -0.2) is 34.1 Å². The zero-order valence-corrected chi connectivity index (χ0v) is 17.8. The highest BCUT2D eigenvalue weighted by Crippen LogP contribution is 2.12. The number of benzene rings is 2. The number of methoxy groups -OCH3 is 1. The highest BCUT2D eigenvalue weighted by molar-refractivity contribution is 5.95. The lowest BCUT2D eigenvalue weighted by Gasteiger charge is -2.10. The van der Waals surface area contributed by atoms with Crippen LogP contribution in [-0.2, 0) is 16.0 Å². The molecule has 0 amide bonds. The number of nitrogen functional groups attached to an aromatic ring is 1. The molecule has 5 N–H and O–H groups in total. The first-order valence-corrected chi connectivity index (χ1v) is 8.58. The number of nitrogens with zero attached hydrogens (tertiary/aromatic N) is 2. The first kappa shape index (κ1) is 25.0. The summed E-state index contributed by atoms with van der Waals surface area (Å²) in [5, 5.41) is 7.43. The molecule has 3 rings (SSSR count). The normalized spacial score (nSPS) is 11.0. The Hall–Kier alpha value is -3.07. The van der Waals surface area contributed by atoms with Crippen molar-refractivity contribution < 1.29 is 9.53 Å². The third-order valence-electron chi connectivity index (χ3n) is 4.41. The maximum atomic E-state index is 12.8. The smallest absolute Gasteiger partial charge is 0.337 e. The number of esters is 1. The largest absolute Gasteiger partial charge is 0.468 e. The summed E-state index contributed by atoms with van der Waals surface area (Å²) in [6.45, 7) is 0. The van der Waals surface area contributed by atoms with Gasteiger partial charge in [-0.25, -0.2) is 4.79 Å². The number of hydrogen-bond donors (Lipinski definition) is 3. The molecule has 0 saturated heterocycles. The highest BCUT2D eigenvalue weighted by atomic mass is 35.5. The Kier molecular flexibility index (Phi) is 8.85. The topological polar surface area (TPSA) is 129 Å². The van der Waals surface area contributed by atoms with Crippen LogP contribution in [0.4, 0.5) is 0 Å². The summed E-state index contributed by atoms with van der Waals surface area (Å²) < 4.78 is 7.65. The van der Waals surface area contributed by atoms with Crippen LogP contribution >= 0.6 is 24.8 Å². The molecule has 1 heterocycles. The lowest BCUT2D eigenvalue weighted by Crippen LogP contribution is -2.33. The molecule has 2 aromatic carbocycles. The van der Waals surface area contributed by atoms with Crippen LogP contribution in [0.1, 0.15) is 11.1 Å². The molecule has 0 fully saturated rings. The number of carbonyl (C=O) groups is 1. The Morgan fingerprint density at radius 3 is 1.90 bits per heavy atom. The van der Waals surface area contributed by atoms with Crippen molar-refractivity contribution in [3.8, 4) is 11.4 Å². The molecule has 0 spiro atoms. The third kappa shape index (κ3) is 5.29. The Morgan fingerprint density at radius 1 is 1.00 bits per heavy atom. The van der Waals surface area contributed by atoms with E-state index >= 15 is 0 Å². The fourth-order valence-electron chi connectivity index (χ4n) is 2.85. The Labute approximate surface area is 185 Å². The van der Waals surface area contributed by atoms with Gasteiger partial charge in [-0.2, -0.15) is 0 Å². The van der Waals surface area contributed by atoms with Gasteiger partial charge >= 0.3 is 11.7 Å². The van der Waals surface area contributed by atoms with Gasteiger partial charge in [0, 0.05) is 18.0 Å². The molecule has 0 aliphatic heterocycles. The van der Waals surface area contributed by atoms with Crippen LogP contribution in [0.15, 0.2) is 65.7 Å². The monoisotopic (exact) mass is 451 g/mol. The molecule has 30 heavy (non-hydrogen) atoms. The Morgan fingerprint density at radius 2 is 1.47 bits per heavy atom. The average molecular weight is 452 g/mol. The molecule has 1 atom stereocenters. The number of imidazole rings is 1. The zero-order valence-electron chi connectivity index (χ0n) is 16.1. The van der Waals surface area contributed by atoms with Crippen molar-refractivity contribution in [1.82, 2.24) is 9.13 Å². The van der Waals surface area contributed by atoms with Crippen molar-refractivity contribution in [3.05, 3.63) is 82.5 Å². The number of amidine groups is 1. The maximum Gasteiger partial charge on any atom is 0.337 e. The number of nitrogens with one attached hydrogen (secondary N) is 1.